The van der Waals surface area contributed by atoms with Crippen molar-refractivity contribution < 1.29 is 4.74 Å². The Hall–Kier alpha value is -0.120. The number of ether oxygens (including phenoxy) is 1. The highest BCUT2D eigenvalue weighted by Crippen LogP contribution is 2.25. The summed E-state index contributed by atoms with van der Waals surface area (Å²) in [5.41, 5.74) is 0.417. The summed E-state index contributed by atoms with van der Waals surface area (Å²) in [5.74, 6) is 0. The van der Waals surface area contributed by atoms with Gasteiger partial charge in [0.2, 0.25) is 0 Å². The Balaban J connectivity index is 1.61. The fraction of sp³-hybridized carbons (Fsp3) is 1.00. The van der Waals surface area contributed by atoms with Crippen LogP contribution >= 0.6 is 0 Å². The standard InChI is InChI=1S/C13H26N2O/c1-3-6-15-7-4-12(5-8-15)14-9-13(2)10-16-11-13/h12,14H,3-11H2,1-2H3. The monoisotopic (exact) mass is 226 g/mol. The highest BCUT2D eigenvalue weighted by atomic mass is 16.5. The molecule has 2 aliphatic rings. The highest BCUT2D eigenvalue weighted by Gasteiger charge is 2.33. The van der Waals surface area contributed by atoms with E-state index in [1.165, 1.54) is 38.9 Å². The van der Waals surface area contributed by atoms with Gasteiger partial charge in [0.1, 0.15) is 0 Å². The van der Waals surface area contributed by atoms with Gasteiger partial charge in [-0.2, -0.15) is 0 Å². The van der Waals surface area contributed by atoms with Crippen molar-refractivity contribution in [3.8, 4) is 0 Å². The van der Waals surface area contributed by atoms with E-state index in [-0.39, 0.29) is 0 Å². The molecule has 0 amide bonds. The smallest absolute Gasteiger partial charge is 0.0554 e. The molecule has 94 valence electrons. The van der Waals surface area contributed by atoms with Gasteiger partial charge in [-0.15, -0.1) is 0 Å². The Kier molecular flexibility index (Phi) is 4.22. The number of piperidine rings is 1. The van der Waals surface area contributed by atoms with Gasteiger partial charge >= 0.3 is 0 Å². The Morgan fingerprint density at radius 3 is 2.50 bits per heavy atom. The lowest BCUT2D eigenvalue weighted by Gasteiger charge is -2.40. The van der Waals surface area contributed by atoms with Crippen LogP contribution < -0.4 is 5.32 Å². The van der Waals surface area contributed by atoms with Crippen molar-refractivity contribution in [2.45, 2.75) is 39.2 Å². The Bertz CT molecular complexity index is 208. The quantitative estimate of drug-likeness (QED) is 0.768. The molecule has 0 aromatic heterocycles. The van der Waals surface area contributed by atoms with Crippen LogP contribution in [0.1, 0.15) is 33.1 Å². The normalized spacial score (nSPS) is 26.6. The van der Waals surface area contributed by atoms with Gasteiger partial charge in [-0.3, -0.25) is 0 Å². The number of nitrogens with one attached hydrogen (secondary N) is 1. The number of likely N-dealkylation sites (tertiary alicyclic amines) is 1. The van der Waals surface area contributed by atoms with Crippen LogP contribution in [0.15, 0.2) is 0 Å². The number of hydrogen-bond acceptors (Lipinski definition) is 3. The van der Waals surface area contributed by atoms with E-state index in [1.807, 2.05) is 0 Å². The second-order valence-corrected chi connectivity index (χ2v) is 5.80. The molecule has 0 bridgehead atoms. The largest absolute Gasteiger partial charge is 0.380 e. The van der Waals surface area contributed by atoms with Gasteiger partial charge in [0.05, 0.1) is 13.2 Å². The van der Waals surface area contributed by atoms with E-state index in [1.54, 1.807) is 0 Å². The van der Waals surface area contributed by atoms with Gasteiger partial charge in [0, 0.05) is 18.0 Å². The predicted octanol–water partition coefficient (Wildman–Crippen LogP) is 1.49. The van der Waals surface area contributed by atoms with Gasteiger partial charge in [0.15, 0.2) is 0 Å². The van der Waals surface area contributed by atoms with Crippen molar-refractivity contribution in [2.75, 3.05) is 39.4 Å². The average molecular weight is 226 g/mol. The third kappa shape index (κ3) is 3.19. The fourth-order valence-corrected chi connectivity index (χ4v) is 2.62. The fourth-order valence-electron chi connectivity index (χ4n) is 2.62. The molecular formula is C13H26N2O. The van der Waals surface area contributed by atoms with Crippen LogP contribution in [0.3, 0.4) is 0 Å². The summed E-state index contributed by atoms with van der Waals surface area (Å²) < 4.78 is 5.28. The maximum Gasteiger partial charge on any atom is 0.0554 e. The lowest BCUT2D eigenvalue weighted by Crippen LogP contribution is -2.51. The molecule has 0 spiro atoms. The molecule has 3 nitrogen and oxygen atoms in total. The van der Waals surface area contributed by atoms with Crippen LogP contribution in [-0.4, -0.2) is 50.3 Å². The van der Waals surface area contributed by atoms with E-state index in [9.17, 15) is 0 Å². The van der Waals surface area contributed by atoms with E-state index >= 15 is 0 Å². The molecule has 2 saturated heterocycles. The first-order valence-corrected chi connectivity index (χ1v) is 6.75. The Morgan fingerprint density at radius 2 is 2.00 bits per heavy atom. The van der Waals surface area contributed by atoms with Crippen molar-refractivity contribution in [3.05, 3.63) is 0 Å². The molecule has 2 fully saturated rings. The summed E-state index contributed by atoms with van der Waals surface area (Å²) in [7, 11) is 0. The molecule has 0 atom stereocenters. The van der Waals surface area contributed by atoms with Crippen molar-refractivity contribution in [2.24, 2.45) is 5.41 Å². The third-order valence-corrected chi connectivity index (χ3v) is 3.85. The van der Waals surface area contributed by atoms with E-state index in [4.69, 9.17) is 4.74 Å². The summed E-state index contributed by atoms with van der Waals surface area (Å²) in [4.78, 5) is 2.59. The van der Waals surface area contributed by atoms with Gasteiger partial charge in [-0.25, -0.2) is 0 Å². The van der Waals surface area contributed by atoms with Gasteiger partial charge < -0.3 is 15.0 Å². The molecule has 0 radical (unpaired) electrons. The zero-order valence-electron chi connectivity index (χ0n) is 10.8. The molecule has 0 unspecified atom stereocenters. The van der Waals surface area contributed by atoms with E-state index < -0.39 is 0 Å². The molecule has 0 aliphatic carbocycles. The molecule has 0 saturated carbocycles. The molecular weight excluding hydrogens is 200 g/mol. The summed E-state index contributed by atoms with van der Waals surface area (Å²) in [6.45, 7) is 11.4. The maximum atomic E-state index is 5.28. The highest BCUT2D eigenvalue weighted by molar-refractivity contribution is 4.86. The number of nitrogens with zero attached hydrogens (tertiary/aromatic N) is 1. The molecule has 0 aromatic carbocycles. The molecule has 2 aliphatic heterocycles. The molecule has 1 N–H and O–H groups in total. The first-order valence-electron chi connectivity index (χ1n) is 6.75. The minimum absolute atomic E-state index is 0.417. The first kappa shape index (κ1) is 12.3. The zero-order valence-corrected chi connectivity index (χ0v) is 10.8. The third-order valence-electron chi connectivity index (χ3n) is 3.85. The number of rotatable bonds is 5. The molecule has 3 heteroatoms. The zero-order chi connectivity index (χ0) is 11.4. The van der Waals surface area contributed by atoms with Crippen LogP contribution in [-0.2, 0) is 4.74 Å². The second-order valence-electron chi connectivity index (χ2n) is 5.80. The second kappa shape index (κ2) is 5.48. The molecule has 0 aromatic rings. The first-order chi connectivity index (χ1) is 7.72. The van der Waals surface area contributed by atoms with E-state index in [0.29, 0.717) is 5.41 Å². The summed E-state index contributed by atoms with van der Waals surface area (Å²) >= 11 is 0. The van der Waals surface area contributed by atoms with Gasteiger partial charge in [-0.05, 0) is 38.9 Å². The van der Waals surface area contributed by atoms with Crippen molar-refractivity contribution in [1.82, 2.24) is 10.2 Å². The van der Waals surface area contributed by atoms with E-state index in [2.05, 4.69) is 24.1 Å². The van der Waals surface area contributed by atoms with Crippen LogP contribution in [0.4, 0.5) is 0 Å². The van der Waals surface area contributed by atoms with Gasteiger partial charge in [0.25, 0.3) is 0 Å². The Labute approximate surface area is 99.5 Å². The molecule has 16 heavy (non-hydrogen) atoms. The Morgan fingerprint density at radius 1 is 1.31 bits per heavy atom. The summed E-state index contributed by atoms with van der Waals surface area (Å²) in [5, 5.41) is 3.72. The molecule has 2 rings (SSSR count). The van der Waals surface area contributed by atoms with Crippen molar-refractivity contribution in [3.63, 3.8) is 0 Å². The van der Waals surface area contributed by atoms with E-state index in [0.717, 1.165) is 25.8 Å². The van der Waals surface area contributed by atoms with Gasteiger partial charge in [-0.1, -0.05) is 13.8 Å². The predicted molar refractivity (Wildman–Crippen MR) is 66.7 cm³/mol. The topological polar surface area (TPSA) is 24.5 Å². The molecule has 2 heterocycles. The summed E-state index contributed by atoms with van der Waals surface area (Å²) in [6, 6.07) is 0.741. The number of hydrogen-bond donors (Lipinski definition) is 1. The van der Waals surface area contributed by atoms with Crippen LogP contribution in [0, 0.1) is 5.41 Å². The van der Waals surface area contributed by atoms with Crippen molar-refractivity contribution >= 4 is 0 Å². The maximum absolute atomic E-state index is 5.28. The average Bonchev–Trinajstić information content (AvgIpc) is 2.26. The minimum atomic E-state index is 0.417. The van der Waals surface area contributed by atoms with Crippen molar-refractivity contribution in [1.29, 1.82) is 0 Å². The lowest BCUT2D eigenvalue weighted by molar-refractivity contribution is -0.100. The SMILES string of the molecule is CCCN1CCC(NCC2(C)COC2)CC1. The van der Waals surface area contributed by atoms with Crippen LogP contribution in [0.2, 0.25) is 0 Å². The van der Waals surface area contributed by atoms with Crippen LogP contribution in [0.5, 0.6) is 0 Å². The van der Waals surface area contributed by atoms with Crippen LogP contribution in [0.25, 0.3) is 0 Å². The summed E-state index contributed by atoms with van der Waals surface area (Å²) in [6.07, 6.45) is 3.92. The lowest BCUT2D eigenvalue weighted by atomic mass is 9.88. The minimum Gasteiger partial charge on any atom is -0.380 e.